The molecule has 2 rings (SSSR count). The van der Waals surface area contributed by atoms with Gasteiger partial charge in [0.25, 0.3) is 0 Å². The molecule has 2 atom stereocenters. The average Bonchev–Trinajstić information content (AvgIpc) is 2.34. The highest BCUT2D eigenvalue weighted by atomic mass is 15.0. The zero-order valence-electron chi connectivity index (χ0n) is 5.69. The molecule has 2 aliphatic rings. The van der Waals surface area contributed by atoms with Crippen LogP contribution in [0.3, 0.4) is 0 Å². The van der Waals surface area contributed by atoms with Gasteiger partial charge < -0.3 is 11.1 Å². The van der Waals surface area contributed by atoms with Crippen LogP contribution in [0.5, 0.6) is 0 Å². The lowest BCUT2D eigenvalue weighted by Crippen LogP contribution is -2.51. The summed E-state index contributed by atoms with van der Waals surface area (Å²) in [6, 6.07) is 0.507. The van der Waals surface area contributed by atoms with Gasteiger partial charge in [0, 0.05) is 12.6 Å². The highest BCUT2D eigenvalue weighted by Crippen LogP contribution is 2.44. The molecule has 0 aromatic carbocycles. The van der Waals surface area contributed by atoms with Crippen molar-refractivity contribution in [2.75, 3.05) is 13.1 Å². The minimum absolute atomic E-state index is 0.507. The van der Waals surface area contributed by atoms with Gasteiger partial charge in [0.1, 0.15) is 0 Å². The fourth-order valence-corrected chi connectivity index (χ4v) is 2.01. The Kier molecular flexibility index (Phi) is 1.08. The molecular formula is C7H14N2. The molecule has 9 heavy (non-hydrogen) atoms. The third-order valence-electron chi connectivity index (χ3n) is 3.02. The first kappa shape index (κ1) is 5.69. The van der Waals surface area contributed by atoms with Crippen molar-refractivity contribution in [1.82, 2.24) is 5.32 Å². The second-order valence-corrected chi connectivity index (χ2v) is 3.43. The summed E-state index contributed by atoms with van der Waals surface area (Å²) in [7, 11) is 0. The summed E-state index contributed by atoms with van der Waals surface area (Å²) in [5.74, 6) is 0. The SMILES string of the molecule is N[C@H]1CC[C@@]12CCNC2. The van der Waals surface area contributed by atoms with Gasteiger partial charge in [-0.3, -0.25) is 0 Å². The first-order valence-electron chi connectivity index (χ1n) is 3.80. The van der Waals surface area contributed by atoms with Crippen LogP contribution in [-0.4, -0.2) is 19.1 Å². The average molecular weight is 126 g/mol. The van der Waals surface area contributed by atoms with Crippen molar-refractivity contribution in [2.24, 2.45) is 11.1 Å². The molecule has 1 spiro atoms. The quantitative estimate of drug-likeness (QED) is 0.482. The molecule has 2 fully saturated rings. The van der Waals surface area contributed by atoms with Crippen LogP contribution < -0.4 is 11.1 Å². The molecule has 0 aromatic rings. The van der Waals surface area contributed by atoms with Crippen molar-refractivity contribution in [3.8, 4) is 0 Å². The van der Waals surface area contributed by atoms with Crippen LogP contribution >= 0.6 is 0 Å². The predicted molar refractivity (Wildman–Crippen MR) is 37.1 cm³/mol. The lowest BCUT2D eigenvalue weighted by Gasteiger charge is -2.44. The van der Waals surface area contributed by atoms with Crippen molar-refractivity contribution >= 4 is 0 Å². The number of hydrogen-bond acceptors (Lipinski definition) is 2. The summed E-state index contributed by atoms with van der Waals surface area (Å²) in [6.45, 7) is 2.36. The molecule has 1 saturated carbocycles. The van der Waals surface area contributed by atoms with Crippen molar-refractivity contribution in [3.63, 3.8) is 0 Å². The maximum Gasteiger partial charge on any atom is 0.0108 e. The highest BCUT2D eigenvalue weighted by molar-refractivity contribution is 5.03. The zero-order chi connectivity index (χ0) is 6.32. The second kappa shape index (κ2) is 1.70. The van der Waals surface area contributed by atoms with E-state index in [1.807, 2.05) is 0 Å². The van der Waals surface area contributed by atoms with Crippen LogP contribution in [0.2, 0.25) is 0 Å². The smallest absolute Gasteiger partial charge is 0.0108 e. The standard InChI is InChI=1S/C7H14N2/c8-6-1-2-7(6)3-4-9-5-7/h6,9H,1-5,8H2/t6-,7-/m0/s1. The number of nitrogens with two attached hydrogens (primary N) is 1. The third kappa shape index (κ3) is 0.634. The van der Waals surface area contributed by atoms with E-state index in [-0.39, 0.29) is 0 Å². The molecule has 0 aromatic heterocycles. The van der Waals surface area contributed by atoms with E-state index < -0.39 is 0 Å². The number of rotatable bonds is 0. The van der Waals surface area contributed by atoms with Crippen LogP contribution in [-0.2, 0) is 0 Å². The van der Waals surface area contributed by atoms with Gasteiger partial charge in [0.2, 0.25) is 0 Å². The molecule has 0 amide bonds. The maximum atomic E-state index is 5.88. The Morgan fingerprint density at radius 3 is 2.56 bits per heavy atom. The predicted octanol–water partition coefficient (Wildman–Crippen LogP) is 0.0872. The summed E-state index contributed by atoms with van der Waals surface area (Å²) in [4.78, 5) is 0. The van der Waals surface area contributed by atoms with Crippen LogP contribution in [0.25, 0.3) is 0 Å². The lowest BCUT2D eigenvalue weighted by atomic mass is 9.64. The monoisotopic (exact) mass is 126 g/mol. The summed E-state index contributed by atoms with van der Waals surface area (Å²) >= 11 is 0. The van der Waals surface area contributed by atoms with Crippen LogP contribution in [0.1, 0.15) is 19.3 Å². The number of nitrogens with one attached hydrogen (secondary N) is 1. The van der Waals surface area contributed by atoms with E-state index in [1.54, 1.807) is 0 Å². The molecule has 1 heterocycles. The summed E-state index contributed by atoms with van der Waals surface area (Å²) in [6.07, 6.45) is 3.93. The van der Waals surface area contributed by atoms with Crippen LogP contribution in [0.4, 0.5) is 0 Å². The van der Waals surface area contributed by atoms with Crippen molar-refractivity contribution in [2.45, 2.75) is 25.3 Å². The summed E-state index contributed by atoms with van der Waals surface area (Å²) in [5.41, 5.74) is 6.42. The van der Waals surface area contributed by atoms with E-state index in [0.29, 0.717) is 11.5 Å². The second-order valence-electron chi connectivity index (χ2n) is 3.43. The molecule has 0 bridgehead atoms. The third-order valence-corrected chi connectivity index (χ3v) is 3.02. The lowest BCUT2D eigenvalue weighted by molar-refractivity contribution is 0.119. The van der Waals surface area contributed by atoms with Crippen LogP contribution in [0.15, 0.2) is 0 Å². The van der Waals surface area contributed by atoms with Gasteiger partial charge >= 0.3 is 0 Å². The molecule has 3 N–H and O–H groups in total. The maximum absolute atomic E-state index is 5.88. The molecule has 2 nitrogen and oxygen atoms in total. The normalized spacial score (nSPS) is 49.7. The van der Waals surface area contributed by atoms with E-state index in [4.69, 9.17) is 5.73 Å². The van der Waals surface area contributed by atoms with Gasteiger partial charge in [-0.25, -0.2) is 0 Å². The molecule has 2 heteroatoms. The summed E-state index contributed by atoms with van der Waals surface area (Å²) < 4.78 is 0. The first-order valence-corrected chi connectivity index (χ1v) is 3.80. The Morgan fingerprint density at radius 1 is 1.44 bits per heavy atom. The minimum Gasteiger partial charge on any atom is -0.327 e. The zero-order valence-corrected chi connectivity index (χ0v) is 5.69. The van der Waals surface area contributed by atoms with Gasteiger partial charge in [0.05, 0.1) is 0 Å². The Morgan fingerprint density at radius 2 is 2.33 bits per heavy atom. The van der Waals surface area contributed by atoms with Gasteiger partial charge in [0.15, 0.2) is 0 Å². The van der Waals surface area contributed by atoms with E-state index in [0.717, 1.165) is 0 Å². The fourth-order valence-electron chi connectivity index (χ4n) is 2.01. The minimum atomic E-state index is 0.507. The molecule has 0 unspecified atom stereocenters. The van der Waals surface area contributed by atoms with E-state index >= 15 is 0 Å². The van der Waals surface area contributed by atoms with Gasteiger partial charge in [-0.2, -0.15) is 0 Å². The molecule has 1 saturated heterocycles. The molecular weight excluding hydrogens is 112 g/mol. The largest absolute Gasteiger partial charge is 0.327 e. The topological polar surface area (TPSA) is 38.0 Å². The molecule has 1 aliphatic carbocycles. The Hall–Kier alpha value is -0.0800. The van der Waals surface area contributed by atoms with Crippen LogP contribution in [0, 0.1) is 5.41 Å². The Balaban J connectivity index is 2.06. The van der Waals surface area contributed by atoms with Crippen molar-refractivity contribution in [1.29, 1.82) is 0 Å². The van der Waals surface area contributed by atoms with E-state index in [9.17, 15) is 0 Å². The van der Waals surface area contributed by atoms with Gasteiger partial charge in [-0.1, -0.05) is 0 Å². The van der Waals surface area contributed by atoms with Gasteiger partial charge in [-0.15, -0.1) is 0 Å². The van der Waals surface area contributed by atoms with Crippen molar-refractivity contribution < 1.29 is 0 Å². The Bertz CT molecular complexity index is 116. The molecule has 52 valence electrons. The van der Waals surface area contributed by atoms with Gasteiger partial charge in [-0.05, 0) is 31.2 Å². The summed E-state index contributed by atoms with van der Waals surface area (Å²) in [5, 5.41) is 3.37. The molecule has 0 radical (unpaired) electrons. The van der Waals surface area contributed by atoms with E-state index in [1.165, 1.54) is 32.4 Å². The Labute approximate surface area is 55.8 Å². The fraction of sp³-hybridized carbons (Fsp3) is 1.00. The van der Waals surface area contributed by atoms with E-state index in [2.05, 4.69) is 5.32 Å². The first-order chi connectivity index (χ1) is 4.33. The molecule has 1 aliphatic heterocycles. The van der Waals surface area contributed by atoms with Crippen molar-refractivity contribution in [3.05, 3.63) is 0 Å². The number of hydrogen-bond donors (Lipinski definition) is 2. The highest BCUT2D eigenvalue weighted by Gasteiger charge is 2.46.